The van der Waals surface area contributed by atoms with Crippen molar-refractivity contribution in [3.63, 3.8) is 0 Å². The maximum atomic E-state index is 5.78. The van der Waals surface area contributed by atoms with E-state index in [2.05, 4.69) is 47.6 Å². The second-order valence-electron chi connectivity index (χ2n) is 6.10. The van der Waals surface area contributed by atoms with Crippen molar-refractivity contribution in [3.05, 3.63) is 12.2 Å². The summed E-state index contributed by atoms with van der Waals surface area (Å²) in [6, 6.07) is 0. The number of nitrogens with two attached hydrogens (primary N) is 1. The van der Waals surface area contributed by atoms with Crippen LogP contribution in [-0.4, -0.2) is 67.6 Å². The molecule has 1 fully saturated rings. The molecule has 19 heavy (non-hydrogen) atoms. The number of aliphatic imine (C=N–C) groups is 1. The average Bonchev–Trinajstić information content (AvgIpc) is 2.31. The smallest absolute Gasteiger partial charge is 0.188 e. The number of piperazine rings is 1. The van der Waals surface area contributed by atoms with Crippen molar-refractivity contribution in [2.45, 2.75) is 26.3 Å². The Morgan fingerprint density at radius 3 is 2.68 bits per heavy atom. The van der Waals surface area contributed by atoms with Crippen LogP contribution in [0, 0.1) is 0 Å². The highest BCUT2D eigenvalue weighted by Gasteiger charge is 2.30. The SMILES string of the molecule is C=C(C)CN=C(N)NCCN1CCN(C)C(C)(C)C1. The Hall–Kier alpha value is -1.07. The molecule has 0 aliphatic carbocycles. The molecule has 0 saturated carbocycles. The van der Waals surface area contributed by atoms with Crippen molar-refractivity contribution in [3.8, 4) is 0 Å². The Bertz CT molecular complexity index is 335. The predicted molar refractivity (Wildman–Crippen MR) is 82.5 cm³/mol. The molecule has 0 amide bonds. The van der Waals surface area contributed by atoms with Gasteiger partial charge < -0.3 is 11.1 Å². The molecule has 0 radical (unpaired) electrons. The van der Waals surface area contributed by atoms with Gasteiger partial charge in [-0.2, -0.15) is 0 Å². The van der Waals surface area contributed by atoms with E-state index < -0.39 is 0 Å². The lowest BCUT2D eigenvalue weighted by molar-refractivity contribution is 0.0413. The molecule has 110 valence electrons. The maximum absolute atomic E-state index is 5.78. The molecule has 0 aromatic carbocycles. The molecule has 1 rings (SSSR count). The quantitative estimate of drug-likeness (QED) is 0.432. The summed E-state index contributed by atoms with van der Waals surface area (Å²) in [7, 11) is 2.19. The van der Waals surface area contributed by atoms with Crippen LogP contribution in [0.1, 0.15) is 20.8 Å². The minimum Gasteiger partial charge on any atom is -0.370 e. The zero-order chi connectivity index (χ0) is 14.5. The van der Waals surface area contributed by atoms with Gasteiger partial charge in [0.05, 0.1) is 6.54 Å². The van der Waals surface area contributed by atoms with E-state index in [-0.39, 0.29) is 5.54 Å². The van der Waals surface area contributed by atoms with Gasteiger partial charge in [-0.1, -0.05) is 12.2 Å². The summed E-state index contributed by atoms with van der Waals surface area (Å²) in [6.07, 6.45) is 0. The summed E-state index contributed by atoms with van der Waals surface area (Å²) in [5.41, 5.74) is 7.05. The first-order chi connectivity index (χ1) is 8.81. The zero-order valence-electron chi connectivity index (χ0n) is 12.9. The van der Waals surface area contributed by atoms with Crippen LogP contribution in [0.4, 0.5) is 0 Å². The summed E-state index contributed by atoms with van der Waals surface area (Å²) >= 11 is 0. The lowest BCUT2D eigenvalue weighted by atomic mass is 10.00. The van der Waals surface area contributed by atoms with Gasteiger partial charge in [0.1, 0.15) is 0 Å². The summed E-state index contributed by atoms with van der Waals surface area (Å²) in [6.45, 7) is 16.1. The molecular weight excluding hydrogens is 238 g/mol. The molecule has 1 aliphatic rings. The van der Waals surface area contributed by atoms with Crippen molar-refractivity contribution < 1.29 is 0 Å². The first-order valence-corrected chi connectivity index (χ1v) is 6.93. The van der Waals surface area contributed by atoms with E-state index in [4.69, 9.17) is 5.73 Å². The fourth-order valence-corrected chi connectivity index (χ4v) is 2.15. The monoisotopic (exact) mass is 267 g/mol. The van der Waals surface area contributed by atoms with Crippen LogP contribution in [0.25, 0.3) is 0 Å². The number of rotatable bonds is 5. The Kier molecular flexibility index (Phi) is 5.82. The van der Waals surface area contributed by atoms with E-state index >= 15 is 0 Å². The molecule has 0 aromatic rings. The van der Waals surface area contributed by atoms with E-state index in [0.29, 0.717) is 12.5 Å². The van der Waals surface area contributed by atoms with Crippen molar-refractivity contribution >= 4 is 5.96 Å². The van der Waals surface area contributed by atoms with Crippen LogP contribution < -0.4 is 11.1 Å². The molecule has 5 heteroatoms. The standard InChI is InChI=1S/C14H29N5/c1-12(2)10-17-13(15)16-6-7-19-9-8-18(5)14(3,4)11-19/h1,6-11H2,2-5H3,(H3,15,16,17). The Morgan fingerprint density at radius 2 is 2.11 bits per heavy atom. The van der Waals surface area contributed by atoms with Crippen LogP contribution in [0.15, 0.2) is 17.1 Å². The highest BCUT2D eigenvalue weighted by molar-refractivity contribution is 5.77. The number of nitrogens with one attached hydrogen (secondary N) is 1. The Labute approximate surface area is 117 Å². The first kappa shape index (κ1) is 16.0. The minimum atomic E-state index is 0.248. The van der Waals surface area contributed by atoms with Crippen LogP contribution in [-0.2, 0) is 0 Å². The van der Waals surface area contributed by atoms with Gasteiger partial charge in [0, 0.05) is 38.3 Å². The summed E-state index contributed by atoms with van der Waals surface area (Å²) in [4.78, 5) is 9.09. The minimum absolute atomic E-state index is 0.248. The van der Waals surface area contributed by atoms with Gasteiger partial charge >= 0.3 is 0 Å². The molecule has 0 atom stereocenters. The number of guanidine groups is 1. The number of hydrogen-bond donors (Lipinski definition) is 2. The van der Waals surface area contributed by atoms with Gasteiger partial charge in [-0.15, -0.1) is 0 Å². The van der Waals surface area contributed by atoms with E-state index in [1.165, 1.54) is 0 Å². The van der Waals surface area contributed by atoms with Gasteiger partial charge in [0.15, 0.2) is 5.96 Å². The number of likely N-dealkylation sites (N-methyl/N-ethyl adjacent to an activating group) is 1. The topological polar surface area (TPSA) is 56.9 Å². The van der Waals surface area contributed by atoms with Gasteiger partial charge in [0.25, 0.3) is 0 Å². The van der Waals surface area contributed by atoms with E-state index in [0.717, 1.165) is 38.3 Å². The number of hydrogen-bond acceptors (Lipinski definition) is 3. The van der Waals surface area contributed by atoms with Gasteiger partial charge in [-0.05, 0) is 27.8 Å². The fraction of sp³-hybridized carbons (Fsp3) is 0.786. The first-order valence-electron chi connectivity index (χ1n) is 6.93. The van der Waals surface area contributed by atoms with Gasteiger partial charge in [-0.25, -0.2) is 4.99 Å². The van der Waals surface area contributed by atoms with Crippen LogP contribution in [0.2, 0.25) is 0 Å². The molecule has 1 saturated heterocycles. The average molecular weight is 267 g/mol. The molecule has 0 bridgehead atoms. The fourth-order valence-electron chi connectivity index (χ4n) is 2.15. The molecule has 1 heterocycles. The second kappa shape index (κ2) is 6.91. The van der Waals surface area contributed by atoms with Gasteiger partial charge in [-0.3, -0.25) is 9.80 Å². The highest BCUT2D eigenvalue weighted by atomic mass is 15.3. The lowest BCUT2D eigenvalue weighted by Crippen LogP contribution is -2.58. The Balaban J connectivity index is 2.26. The zero-order valence-corrected chi connectivity index (χ0v) is 12.9. The van der Waals surface area contributed by atoms with Gasteiger partial charge in [0.2, 0.25) is 0 Å². The third kappa shape index (κ3) is 5.61. The molecule has 3 N–H and O–H groups in total. The van der Waals surface area contributed by atoms with E-state index in [9.17, 15) is 0 Å². The largest absolute Gasteiger partial charge is 0.370 e. The summed E-state index contributed by atoms with van der Waals surface area (Å²) in [5.74, 6) is 0.511. The molecule has 1 aliphatic heterocycles. The maximum Gasteiger partial charge on any atom is 0.188 e. The van der Waals surface area contributed by atoms with Crippen LogP contribution in [0.3, 0.4) is 0 Å². The predicted octanol–water partition coefficient (Wildman–Crippen LogP) is 0.493. The molecule has 0 aromatic heterocycles. The molecule has 5 nitrogen and oxygen atoms in total. The number of nitrogens with zero attached hydrogens (tertiary/aromatic N) is 3. The van der Waals surface area contributed by atoms with E-state index in [1.807, 2.05) is 6.92 Å². The second-order valence-corrected chi connectivity index (χ2v) is 6.10. The third-order valence-corrected chi connectivity index (χ3v) is 3.65. The normalized spacial score (nSPS) is 21.4. The molecular formula is C14H29N5. The summed E-state index contributed by atoms with van der Waals surface area (Å²) in [5, 5.41) is 3.16. The highest BCUT2D eigenvalue weighted by Crippen LogP contribution is 2.18. The van der Waals surface area contributed by atoms with Crippen molar-refractivity contribution in [1.82, 2.24) is 15.1 Å². The van der Waals surface area contributed by atoms with Crippen molar-refractivity contribution in [1.29, 1.82) is 0 Å². The van der Waals surface area contributed by atoms with Crippen LogP contribution >= 0.6 is 0 Å². The van der Waals surface area contributed by atoms with Crippen molar-refractivity contribution in [2.24, 2.45) is 10.7 Å². The van der Waals surface area contributed by atoms with Crippen molar-refractivity contribution in [2.75, 3.05) is 46.3 Å². The lowest BCUT2D eigenvalue weighted by Gasteiger charge is -2.45. The van der Waals surface area contributed by atoms with E-state index in [1.54, 1.807) is 0 Å². The summed E-state index contributed by atoms with van der Waals surface area (Å²) < 4.78 is 0. The molecule has 0 unspecified atom stereocenters. The Morgan fingerprint density at radius 1 is 1.42 bits per heavy atom. The molecule has 0 spiro atoms. The third-order valence-electron chi connectivity index (χ3n) is 3.65. The van der Waals surface area contributed by atoms with Crippen LogP contribution in [0.5, 0.6) is 0 Å².